The van der Waals surface area contributed by atoms with Crippen molar-refractivity contribution in [3.05, 3.63) is 65.5 Å². The van der Waals surface area contributed by atoms with Crippen LogP contribution in [0.25, 0.3) is 0 Å². The molecule has 2 aromatic carbocycles. The third kappa shape index (κ3) is 6.59. The Labute approximate surface area is 171 Å². The molecule has 0 unspecified atom stereocenters. The van der Waals surface area contributed by atoms with Crippen LogP contribution in [-0.4, -0.2) is 35.4 Å². The molecule has 0 heterocycles. The van der Waals surface area contributed by atoms with E-state index in [1.807, 2.05) is 32.9 Å². The van der Waals surface area contributed by atoms with Gasteiger partial charge in [0.05, 0.1) is 13.5 Å². The summed E-state index contributed by atoms with van der Waals surface area (Å²) in [6.45, 7) is 7.56. The number of nitrogens with one attached hydrogen (secondary N) is 1. The predicted molar refractivity (Wildman–Crippen MR) is 111 cm³/mol. The zero-order valence-corrected chi connectivity index (χ0v) is 17.7. The summed E-state index contributed by atoms with van der Waals surface area (Å²) in [6, 6.07) is 12.8. The summed E-state index contributed by atoms with van der Waals surface area (Å²) in [4.78, 5) is 27.3. The van der Waals surface area contributed by atoms with Crippen LogP contribution in [0.1, 0.15) is 38.8 Å². The molecule has 0 aromatic heterocycles. The fourth-order valence-electron chi connectivity index (χ4n) is 2.89. The molecular formula is C23H29FN2O3. The van der Waals surface area contributed by atoms with Gasteiger partial charge in [0.15, 0.2) is 0 Å². The van der Waals surface area contributed by atoms with Crippen LogP contribution >= 0.6 is 0 Å². The molecule has 0 aliphatic carbocycles. The fourth-order valence-corrected chi connectivity index (χ4v) is 2.89. The molecule has 2 aromatic rings. The highest BCUT2D eigenvalue weighted by Crippen LogP contribution is 2.17. The highest BCUT2D eigenvalue weighted by atomic mass is 19.1. The highest BCUT2D eigenvalue weighted by Gasteiger charge is 2.28. The first-order chi connectivity index (χ1) is 13.6. The SMILES string of the molecule is COc1ccc(CN(C(=O)Cc2ccccc2F)[C@H](C)C(=O)NC(C)(C)C)cc1. The van der Waals surface area contributed by atoms with E-state index in [0.29, 0.717) is 11.3 Å². The number of nitrogens with zero attached hydrogens (tertiary/aromatic N) is 1. The van der Waals surface area contributed by atoms with Crippen molar-refractivity contribution >= 4 is 11.8 Å². The van der Waals surface area contributed by atoms with E-state index in [1.54, 1.807) is 44.4 Å². The van der Waals surface area contributed by atoms with Crippen LogP contribution in [0, 0.1) is 5.82 Å². The van der Waals surface area contributed by atoms with Gasteiger partial charge in [-0.3, -0.25) is 9.59 Å². The first-order valence-corrected chi connectivity index (χ1v) is 9.58. The number of hydrogen-bond acceptors (Lipinski definition) is 3. The quantitative estimate of drug-likeness (QED) is 0.771. The molecule has 156 valence electrons. The second-order valence-corrected chi connectivity index (χ2v) is 8.05. The van der Waals surface area contributed by atoms with Gasteiger partial charge in [0.2, 0.25) is 11.8 Å². The molecule has 2 amide bonds. The minimum atomic E-state index is -0.712. The molecule has 5 nitrogen and oxygen atoms in total. The van der Waals surface area contributed by atoms with E-state index in [-0.39, 0.29) is 24.8 Å². The fraction of sp³-hybridized carbons (Fsp3) is 0.391. The topological polar surface area (TPSA) is 58.6 Å². The van der Waals surface area contributed by atoms with Gasteiger partial charge in [0.25, 0.3) is 0 Å². The number of halogens is 1. The van der Waals surface area contributed by atoms with Crippen LogP contribution < -0.4 is 10.1 Å². The number of ether oxygens (including phenoxy) is 1. The monoisotopic (exact) mass is 400 g/mol. The first-order valence-electron chi connectivity index (χ1n) is 9.58. The van der Waals surface area contributed by atoms with Crippen molar-refractivity contribution in [2.75, 3.05) is 7.11 Å². The van der Waals surface area contributed by atoms with E-state index in [0.717, 1.165) is 5.56 Å². The van der Waals surface area contributed by atoms with E-state index in [1.165, 1.54) is 11.0 Å². The normalized spacial score (nSPS) is 12.2. The minimum Gasteiger partial charge on any atom is -0.497 e. The molecule has 0 aliphatic rings. The van der Waals surface area contributed by atoms with E-state index in [2.05, 4.69) is 5.32 Å². The lowest BCUT2D eigenvalue weighted by atomic mass is 10.1. The van der Waals surface area contributed by atoms with Gasteiger partial charge < -0.3 is 15.0 Å². The predicted octanol–water partition coefficient (Wildman–Crippen LogP) is 3.71. The van der Waals surface area contributed by atoms with Crippen molar-refractivity contribution in [1.29, 1.82) is 0 Å². The summed E-state index contributed by atoms with van der Waals surface area (Å²) in [5, 5.41) is 2.91. The molecule has 0 spiro atoms. The van der Waals surface area contributed by atoms with Gasteiger partial charge in [-0.2, -0.15) is 0 Å². The molecule has 0 fully saturated rings. The van der Waals surface area contributed by atoms with Gasteiger partial charge in [0, 0.05) is 12.1 Å². The Morgan fingerprint density at radius 1 is 1.10 bits per heavy atom. The third-order valence-electron chi connectivity index (χ3n) is 4.48. The molecule has 1 N–H and O–H groups in total. The number of methoxy groups -OCH3 is 1. The molecule has 0 bridgehead atoms. The van der Waals surface area contributed by atoms with Crippen molar-refractivity contribution in [2.45, 2.75) is 52.2 Å². The van der Waals surface area contributed by atoms with E-state index >= 15 is 0 Å². The Morgan fingerprint density at radius 2 is 1.72 bits per heavy atom. The summed E-state index contributed by atoms with van der Waals surface area (Å²) < 4.78 is 19.2. The molecule has 1 atom stereocenters. The lowest BCUT2D eigenvalue weighted by Gasteiger charge is -2.31. The van der Waals surface area contributed by atoms with Gasteiger partial charge in [-0.1, -0.05) is 30.3 Å². The summed E-state index contributed by atoms with van der Waals surface area (Å²) in [5.41, 5.74) is 0.731. The van der Waals surface area contributed by atoms with Crippen LogP contribution in [0.5, 0.6) is 5.75 Å². The van der Waals surface area contributed by atoms with Crippen molar-refractivity contribution in [2.24, 2.45) is 0 Å². The molecular weight excluding hydrogens is 371 g/mol. The molecule has 2 rings (SSSR count). The van der Waals surface area contributed by atoms with E-state index in [4.69, 9.17) is 4.74 Å². The van der Waals surface area contributed by atoms with Crippen LogP contribution in [0.4, 0.5) is 4.39 Å². The largest absolute Gasteiger partial charge is 0.497 e. The van der Waals surface area contributed by atoms with Crippen molar-refractivity contribution in [3.63, 3.8) is 0 Å². The average molecular weight is 400 g/mol. The van der Waals surface area contributed by atoms with Gasteiger partial charge in [-0.25, -0.2) is 4.39 Å². The lowest BCUT2D eigenvalue weighted by Crippen LogP contribution is -2.52. The Morgan fingerprint density at radius 3 is 2.28 bits per heavy atom. The number of carbonyl (C=O) groups is 2. The zero-order valence-electron chi connectivity index (χ0n) is 17.7. The van der Waals surface area contributed by atoms with E-state index in [9.17, 15) is 14.0 Å². The number of benzene rings is 2. The molecule has 0 radical (unpaired) electrons. The highest BCUT2D eigenvalue weighted by molar-refractivity contribution is 5.88. The Kier molecular flexibility index (Phi) is 7.37. The Balaban J connectivity index is 2.26. The maximum Gasteiger partial charge on any atom is 0.242 e. The maximum absolute atomic E-state index is 14.0. The number of carbonyl (C=O) groups excluding carboxylic acids is 2. The van der Waals surface area contributed by atoms with Crippen LogP contribution in [0.15, 0.2) is 48.5 Å². The van der Waals surface area contributed by atoms with Crippen LogP contribution in [-0.2, 0) is 22.6 Å². The summed E-state index contributed by atoms with van der Waals surface area (Å²) in [5.74, 6) is -0.302. The Hall–Kier alpha value is -2.89. The third-order valence-corrected chi connectivity index (χ3v) is 4.48. The van der Waals surface area contributed by atoms with Crippen molar-refractivity contribution < 1.29 is 18.7 Å². The number of rotatable bonds is 7. The van der Waals surface area contributed by atoms with Crippen molar-refractivity contribution in [1.82, 2.24) is 10.2 Å². The molecule has 6 heteroatoms. The number of hydrogen-bond donors (Lipinski definition) is 1. The molecule has 0 saturated heterocycles. The van der Waals surface area contributed by atoms with Gasteiger partial charge in [0.1, 0.15) is 17.6 Å². The summed E-state index contributed by atoms with van der Waals surface area (Å²) in [7, 11) is 1.58. The van der Waals surface area contributed by atoms with Gasteiger partial charge >= 0.3 is 0 Å². The summed E-state index contributed by atoms with van der Waals surface area (Å²) in [6.07, 6.45) is -0.115. The first kappa shape index (κ1) is 22.4. The Bertz CT molecular complexity index is 844. The standard InChI is InChI=1S/C23H29FN2O3/c1-16(22(28)25-23(2,3)4)26(15-17-10-12-19(29-5)13-11-17)21(27)14-18-8-6-7-9-20(18)24/h6-13,16H,14-15H2,1-5H3,(H,25,28)/t16-/m1/s1. The van der Waals surface area contributed by atoms with Crippen LogP contribution in [0.3, 0.4) is 0 Å². The zero-order chi connectivity index (χ0) is 21.6. The smallest absolute Gasteiger partial charge is 0.242 e. The minimum absolute atomic E-state index is 0.115. The van der Waals surface area contributed by atoms with E-state index < -0.39 is 17.4 Å². The second kappa shape index (κ2) is 9.54. The van der Waals surface area contributed by atoms with Crippen molar-refractivity contribution in [3.8, 4) is 5.75 Å². The maximum atomic E-state index is 14.0. The van der Waals surface area contributed by atoms with Crippen LogP contribution in [0.2, 0.25) is 0 Å². The number of amides is 2. The molecule has 29 heavy (non-hydrogen) atoms. The van der Waals surface area contributed by atoms with Gasteiger partial charge in [-0.15, -0.1) is 0 Å². The molecule has 0 saturated carbocycles. The second-order valence-electron chi connectivity index (χ2n) is 8.05. The molecule has 0 aliphatic heterocycles. The lowest BCUT2D eigenvalue weighted by molar-refractivity contribution is -0.140. The van der Waals surface area contributed by atoms with Gasteiger partial charge in [-0.05, 0) is 57.0 Å². The average Bonchev–Trinajstić information content (AvgIpc) is 2.66. The summed E-state index contributed by atoms with van der Waals surface area (Å²) >= 11 is 0.